The van der Waals surface area contributed by atoms with Gasteiger partial charge in [-0.2, -0.15) is 0 Å². The molecule has 0 bridgehead atoms. The van der Waals surface area contributed by atoms with Gasteiger partial charge in [-0.05, 0) is 7.05 Å². The number of benzene rings is 1. The van der Waals surface area contributed by atoms with E-state index in [2.05, 4.69) is 5.32 Å². The Labute approximate surface area is 103 Å². The Bertz CT molecular complexity index is 421. The highest BCUT2D eigenvalue weighted by atomic mass is 16.4. The summed E-state index contributed by atoms with van der Waals surface area (Å²) in [6.07, 6.45) is 0. The van der Waals surface area contributed by atoms with Gasteiger partial charge in [-0.3, -0.25) is 0 Å². The van der Waals surface area contributed by atoms with Gasteiger partial charge in [-0.25, -0.2) is 0 Å². The fourth-order valence-electron chi connectivity index (χ4n) is 1.68. The summed E-state index contributed by atoms with van der Waals surface area (Å²) in [5, 5.41) is 58.9. The number of phenols is 5. The monoisotopic (exact) mass is 260 g/mol. The van der Waals surface area contributed by atoms with E-state index in [1.54, 1.807) is 0 Å². The smallest absolute Gasteiger partial charge is 0.208 e. The number of phenolic OH excluding ortho intramolecular Hbond substituents is 5. The second kappa shape index (κ2) is 5.17. The third-order valence-electron chi connectivity index (χ3n) is 2.67. The number of aliphatic hydroxyl groups excluding tert-OH is 1. The molecule has 0 spiro atoms. The number of hydrogen-bond acceptors (Lipinski definition) is 8. The molecule has 2 atom stereocenters. The Balaban J connectivity index is 3.48. The van der Waals surface area contributed by atoms with Crippen LogP contribution in [0.1, 0.15) is 11.6 Å². The minimum Gasteiger partial charge on any atom is -0.504 e. The molecule has 0 heterocycles. The summed E-state index contributed by atoms with van der Waals surface area (Å²) in [5.41, 5.74) is 5.26. The van der Waals surface area contributed by atoms with Crippen LogP contribution in [-0.2, 0) is 0 Å². The van der Waals surface area contributed by atoms with Gasteiger partial charge in [-0.15, -0.1) is 0 Å². The van der Waals surface area contributed by atoms with E-state index in [0.29, 0.717) is 0 Å². The van der Waals surface area contributed by atoms with Gasteiger partial charge >= 0.3 is 0 Å². The SMILES string of the molecule is CNC(c1c(O)c(O)c(O)c(O)c1O)C(N)CO. The molecule has 1 rings (SSSR count). The molecule has 0 aromatic heterocycles. The first-order valence-corrected chi connectivity index (χ1v) is 5.09. The number of nitrogens with two attached hydrogens (primary N) is 1. The van der Waals surface area contributed by atoms with E-state index in [0.717, 1.165) is 0 Å². The molecule has 0 aliphatic heterocycles. The summed E-state index contributed by atoms with van der Waals surface area (Å²) in [6, 6.07) is -1.84. The maximum atomic E-state index is 9.67. The van der Waals surface area contributed by atoms with Gasteiger partial charge in [0.15, 0.2) is 11.5 Å². The van der Waals surface area contributed by atoms with Crippen LogP contribution in [0.15, 0.2) is 0 Å². The highest BCUT2D eigenvalue weighted by molar-refractivity contribution is 5.68. The lowest BCUT2D eigenvalue weighted by Gasteiger charge is -2.24. The third-order valence-corrected chi connectivity index (χ3v) is 2.67. The van der Waals surface area contributed by atoms with Crippen LogP contribution in [0.3, 0.4) is 0 Å². The molecule has 1 aromatic carbocycles. The van der Waals surface area contributed by atoms with Crippen LogP contribution in [0.4, 0.5) is 0 Å². The molecule has 0 saturated carbocycles. The number of nitrogens with one attached hydrogen (secondary N) is 1. The lowest BCUT2D eigenvalue weighted by atomic mass is 9.97. The molecule has 0 amide bonds. The summed E-state index contributed by atoms with van der Waals surface area (Å²) < 4.78 is 0. The topological polar surface area (TPSA) is 159 Å². The van der Waals surface area contributed by atoms with Crippen molar-refractivity contribution in [1.82, 2.24) is 5.32 Å². The minimum absolute atomic E-state index is 0.313. The molecule has 0 fully saturated rings. The molecule has 0 aliphatic rings. The lowest BCUT2D eigenvalue weighted by molar-refractivity contribution is 0.235. The summed E-state index contributed by atoms with van der Waals surface area (Å²) in [7, 11) is 1.44. The van der Waals surface area contributed by atoms with Crippen molar-refractivity contribution in [1.29, 1.82) is 0 Å². The average Bonchev–Trinajstić information content (AvgIpc) is 2.38. The van der Waals surface area contributed by atoms with Crippen LogP contribution in [0.2, 0.25) is 0 Å². The lowest BCUT2D eigenvalue weighted by Crippen LogP contribution is -2.39. The molecule has 8 nitrogen and oxygen atoms in total. The summed E-state index contributed by atoms with van der Waals surface area (Å²) in [4.78, 5) is 0. The molecule has 0 aliphatic carbocycles. The predicted octanol–water partition coefficient (Wildman–Crippen LogP) is -1.21. The van der Waals surface area contributed by atoms with Gasteiger partial charge in [0.25, 0.3) is 0 Å². The van der Waals surface area contributed by atoms with Crippen molar-refractivity contribution in [2.24, 2.45) is 5.73 Å². The standard InChI is InChI=1S/C10H16N2O6/c1-12-5(3(11)2-13)4-6(14)8(16)10(18)9(17)7(4)15/h3,5,12-18H,2,11H2,1H3. The van der Waals surface area contributed by atoms with Gasteiger partial charge in [-0.1, -0.05) is 0 Å². The number of rotatable bonds is 4. The normalized spacial score (nSPS) is 14.4. The van der Waals surface area contributed by atoms with E-state index in [1.807, 2.05) is 0 Å². The van der Waals surface area contributed by atoms with Crippen molar-refractivity contribution in [2.45, 2.75) is 12.1 Å². The Morgan fingerprint density at radius 1 is 0.944 bits per heavy atom. The van der Waals surface area contributed by atoms with Crippen molar-refractivity contribution >= 4 is 0 Å². The molecule has 18 heavy (non-hydrogen) atoms. The van der Waals surface area contributed by atoms with E-state index in [9.17, 15) is 25.5 Å². The fourth-order valence-corrected chi connectivity index (χ4v) is 1.68. The molecule has 102 valence electrons. The summed E-state index contributed by atoms with van der Waals surface area (Å²) in [6.45, 7) is -0.465. The summed E-state index contributed by atoms with van der Waals surface area (Å²) in [5.74, 6) is -4.66. The van der Waals surface area contributed by atoms with Crippen LogP contribution in [0.25, 0.3) is 0 Å². The largest absolute Gasteiger partial charge is 0.504 e. The quantitative estimate of drug-likeness (QED) is 0.247. The predicted molar refractivity (Wildman–Crippen MR) is 61.6 cm³/mol. The number of aromatic hydroxyl groups is 5. The Morgan fingerprint density at radius 3 is 1.67 bits per heavy atom. The molecule has 1 aromatic rings. The van der Waals surface area contributed by atoms with E-state index in [-0.39, 0.29) is 5.56 Å². The zero-order valence-corrected chi connectivity index (χ0v) is 9.62. The third kappa shape index (κ3) is 2.08. The van der Waals surface area contributed by atoms with Crippen molar-refractivity contribution in [3.8, 4) is 28.7 Å². The van der Waals surface area contributed by atoms with Crippen LogP contribution in [0, 0.1) is 0 Å². The zero-order chi connectivity index (χ0) is 14.0. The molecule has 8 heteroatoms. The Morgan fingerprint density at radius 2 is 1.33 bits per heavy atom. The Kier molecular flexibility index (Phi) is 4.07. The van der Waals surface area contributed by atoms with E-state index in [4.69, 9.17) is 10.8 Å². The van der Waals surface area contributed by atoms with E-state index in [1.165, 1.54) is 7.05 Å². The van der Waals surface area contributed by atoms with Gasteiger partial charge < -0.3 is 41.7 Å². The average molecular weight is 260 g/mol. The van der Waals surface area contributed by atoms with Crippen molar-refractivity contribution in [3.63, 3.8) is 0 Å². The maximum absolute atomic E-state index is 9.67. The van der Waals surface area contributed by atoms with Crippen molar-refractivity contribution in [2.75, 3.05) is 13.7 Å². The zero-order valence-electron chi connectivity index (χ0n) is 9.62. The Hall–Kier alpha value is -1.90. The number of aliphatic hydroxyl groups is 1. The second-order valence-electron chi connectivity index (χ2n) is 3.77. The number of hydrogen-bond donors (Lipinski definition) is 8. The molecule has 0 saturated heterocycles. The molecule has 0 radical (unpaired) electrons. The maximum Gasteiger partial charge on any atom is 0.208 e. The first-order valence-electron chi connectivity index (χ1n) is 5.09. The van der Waals surface area contributed by atoms with Gasteiger partial charge in [0.05, 0.1) is 18.2 Å². The molecule has 9 N–H and O–H groups in total. The minimum atomic E-state index is -1.04. The molecular weight excluding hydrogens is 244 g/mol. The van der Waals surface area contributed by atoms with Gasteiger partial charge in [0, 0.05) is 6.04 Å². The van der Waals surface area contributed by atoms with E-state index >= 15 is 0 Å². The fraction of sp³-hybridized carbons (Fsp3) is 0.400. The van der Waals surface area contributed by atoms with E-state index < -0.39 is 47.4 Å². The second-order valence-corrected chi connectivity index (χ2v) is 3.77. The first-order chi connectivity index (χ1) is 8.36. The first kappa shape index (κ1) is 14.2. The van der Waals surface area contributed by atoms with Crippen molar-refractivity contribution in [3.05, 3.63) is 5.56 Å². The highest BCUT2D eigenvalue weighted by Gasteiger charge is 2.30. The van der Waals surface area contributed by atoms with Gasteiger partial charge in [0.1, 0.15) is 0 Å². The van der Waals surface area contributed by atoms with Crippen LogP contribution in [-0.4, -0.2) is 50.3 Å². The molecular formula is C10H16N2O6. The molecule has 2 unspecified atom stereocenters. The van der Waals surface area contributed by atoms with Crippen LogP contribution < -0.4 is 11.1 Å². The highest BCUT2D eigenvalue weighted by Crippen LogP contribution is 2.52. The number of likely N-dealkylation sites (N-methyl/N-ethyl adjacent to an activating group) is 1. The van der Waals surface area contributed by atoms with Crippen LogP contribution in [0.5, 0.6) is 28.7 Å². The van der Waals surface area contributed by atoms with Gasteiger partial charge in [0.2, 0.25) is 17.2 Å². The van der Waals surface area contributed by atoms with Crippen LogP contribution >= 0.6 is 0 Å². The summed E-state index contributed by atoms with van der Waals surface area (Å²) >= 11 is 0. The van der Waals surface area contributed by atoms with Crippen molar-refractivity contribution < 1.29 is 30.6 Å².